The van der Waals surface area contributed by atoms with Gasteiger partial charge in [-0.25, -0.2) is 4.79 Å². The number of hydrogen-bond donors (Lipinski definition) is 2. The highest BCUT2D eigenvalue weighted by molar-refractivity contribution is 7.80. The lowest BCUT2D eigenvalue weighted by atomic mass is 10.1. The summed E-state index contributed by atoms with van der Waals surface area (Å²) in [5.74, 6) is 1.76. The van der Waals surface area contributed by atoms with E-state index in [1.807, 2.05) is 42.6 Å². The number of aromatic nitrogens is 1. The number of nitrogens with one attached hydrogen (secondary N) is 2. The van der Waals surface area contributed by atoms with Gasteiger partial charge in [0.15, 0.2) is 16.6 Å². The Morgan fingerprint density at radius 3 is 2.37 bits per heavy atom. The van der Waals surface area contributed by atoms with E-state index in [4.69, 9.17) is 31.2 Å². The fourth-order valence-corrected chi connectivity index (χ4v) is 4.48. The zero-order valence-corrected chi connectivity index (χ0v) is 22.7. The van der Waals surface area contributed by atoms with Crippen LogP contribution in [0, 0.1) is 0 Å². The summed E-state index contributed by atoms with van der Waals surface area (Å²) < 4.78 is 21.1. The van der Waals surface area contributed by atoms with Gasteiger partial charge in [0.1, 0.15) is 5.75 Å². The van der Waals surface area contributed by atoms with Crippen molar-refractivity contribution in [2.24, 2.45) is 0 Å². The lowest BCUT2D eigenvalue weighted by molar-refractivity contribution is 0.0600. The highest BCUT2D eigenvalue weighted by Crippen LogP contribution is 2.29. The van der Waals surface area contributed by atoms with E-state index in [1.165, 1.54) is 12.7 Å². The predicted octanol–water partition coefficient (Wildman–Crippen LogP) is 5.42. The zero-order valence-electron chi connectivity index (χ0n) is 21.9. The number of esters is 1. The van der Waals surface area contributed by atoms with E-state index in [1.54, 1.807) is 45.6 Å². The van der Waals surface area contributed by atoms with Crippen LogP contribution in [-0.4, -0.2) is 55.9 Å². The first kappa shape index (κ1) is 26.8. The molecule has 4 rings (SSSR count). The SMILES string of the molecule is COC(=O)c1ccc(NC(=S)N(CCc2c[nH]c3ccc(OC)cc23)Cc2ccc(OC)c(OC)c2)cc1. The van der Waals surface area contributed by atoms with Crippen molar-refractivity contribution in [2.45, 2.75) is 13.0 Å². The number of ether oxygens (including phenoxy) is 4. The number of nitrogens with zero attached hydrogens (tertiary/aromatic N) is 1. The summed E-state index contributed by atoms with van der Waals surface area (Å²) in [5, 5.41) is 4.98. The molecule has 3 aromatic carbocycles. The van der Waals surface area contributed by atoms with Gasteiger partial charge in [0.2, 0.25) is 0 Å². The maximum atomic E-state index is 11.8. The lowest BCUT2D eigenvalue weighted by Crippen LogP contribution is -2.35. The third kappa shape index (κ3) is 6.18. The van der Waals surface area contributed by atoms with Crippen molar-refractivity contribution in [1.82, 2.24) is 9.88 Å². The molecule has 198 valence electrons. The number of hydrogen-bond acceptors (Lipinski definition) is 6. The molecule has 8 nitrogen and oxygen atoms in total. The Morgan fingerprint density at radius 2 is 1.68 bits per heavy atom. The van der Waals surface area contributed by atoms with Crippen molar-refractivity contribution < 1.29 is 23.7 Å². The first-order chi connectivity index (χ1) is 18.4. The molecule has 1 heterocycles. The summed E-state index contributed by atoms with van der Waals surface area (Å²) in [6.45, 7) is 1.21. The standard InChI is InChI=1S/C29H31N3O5S/c1-34-23-10-11-25-24(16-23)21(17-30-25)13-14-32(18-19-5-12-26(35-2)27(15-19)36-3)29(38)31-22-8-6-20(7-9-22)28(33)37-4/h5-12,15-17,30H,13-14,18H2,1-4H3,(H,31,38). The van der Waals surface area contributed by atoms with Crippen LogP contribution in [0.3, 0.4) is 0 Å². The Hall–Kier alpha value is -4.24. The van der Waals surface area contributed by atoms with E-state index in [2.05, 4.69) is 15.2 Å². The number of anilines is 1. The van der Waals surface area contributed by atoms with Gasteiger partial charge in [-0.3, -0.25) is 0 Å². The highest BCUT2D eigenvalue weighted by atomic mass is 32.1. The van der Waals surface area contributed by atoms with E-state index < -0.39 is 0 Å². The predicted molar refractivity (Wildman–Crippen MR) is 153 cm³/mol. The third-order valence-corrected chi connectivity index (χ3v) is 6.65. The van der Waals surface area contributed by atoms with Gasteiger partial charge in [0.25, 0.3) is 0 Å². The minimum absolute atomic E-state index is 0.385. The average molecular weight is 534 g/mol. The lowest BCUT2D eigenvalue weighted by Gasteiger charge is -2.26. The molecule has 1 aromatic heterocycles. The molecule has 0 radical (unpaired) electrons. The summed E-state index contributed by atoms with van der Waals surface area (Å²) in [6.07, 6.45) is 2.78. The van der Waals surface area contributed by atoms with Crippen LogP contribution < -0.4 is 19.5 Å². The van der Waals surface area contributed by atoms with Crippen molar-refractivity contribution in [1.29, 1.82) is 0 Å². The van der Waals surface area contributed by atoms with Crippen LogP contribution in [0.15, 0.2) is 66.9 Å². The monoisotopic (exact) mass is 533 g/mol. The highest BCUT2D eigenvalue weighted by Gasteiger charge is 2.15. The molecule has 4 aromatic rings. The van der Waals surface area contributed by atoms with Gasteiger partial charge in [0.05, 0.1) is 34.0 Å². The number of carbonyl (C=O) groups is 1. The topological polar surface area (TPSA) is 85.1 Å². The van der Waals surface area contributed by atoms with Gasteiger partial charge in [-0.05, 0) is 84.4 Å². The largest absolute Gasteiger partial charge is 0.497 e. The van der Waals surface area contributed by atoms with Gasteiger partial charge in [0, 0.05) is 35.9 Å². The number of carbonyl (C=O) groups excluding carboxylic acids is 1. The fourth-order valence-electron chi connectivity index (χ4n) is 4.21. The Labute approximate surface area is 227 Å². The molecule has 0 bridgehead atoms. The summed E-state index contributed by atoms with van der Waals surface area (Å²) in [6, 6.07) is 18.9. The second-order valence-electron chi connectivity index (χ2n) is 8.59. The second-order valence-corrected chi connectivity index (χ2v) is 8.97. The first-order valence-electron chi connectivity index (χ1n) is 12.0. The quantitative estimate of drug-likeness (QED) is 0.206. The van der Waals surface area contributed by atoms with E-state index in [0.717, 1.165) is 34.3 Å². The molecule has 0 amide bonds. The minimum Gasteiger partial charge on any atom is -0.497 e. The molecule has 38 heavy (non-hydrogen) atoms. The number of fused-ring (bicyclic) bond motifs is 1. The van der Waals surface area contributed by atoms with Crippen LogP contribution in [0.5, 0.6) is 17.2 Å². The number of methoxy groups -OCH3 is 4. The van der Waals surface area contributed by atoms with Crippen LogP contribution in [0.4, 0.5) is 5.69 Å². The smallest absolute Gasteiger partial charge is 0.337 e. The molecule has 0 unspecified atom stereocenters. The molecule has 0 aliphatic carbocycles. The summed E-state index contributed by atoms with van der Waals surface area (Å²) >= 11 is 5.84. The molecule has 0 spiro atoms. The molecule has 0 aliphatic rings. The number of H-pyrrole nitrogens is 1. The maximum Gasteiger partial charge on any atom is 0.337 e. The molecule has 9 heteroatoms. The van der Waals surface area contributed by atoms with Gasteiger partial charge in [-0.2, -0.15) is 0 Å². The van der Waals surface area contributed by atoms with E-state index >= 15 is 0 Å². The Bertz CT molecular complexity index is 1420. The van der Waals surface area contributed by atoms with Crippen LogP contribution in [0.2, 0.25) is 0 Å². The molecule has 0 saturated heterocycles. The van der Waals surface area contributed by atoms with E-state index in [9.17, 15) is 4.79 Å². The van der Waals surface area contributed by atoms with Gasteiger partial charge in [-0.1, -0.05) is 6.07 Å². The van der Waals surface area contributed by atoms with Crippen molar-refractivity contribution in [2.75, 3.05) is 40.3 Å². The number of aromatic amines is 1. The average Bonchev–Trinajstić information content (AvgIpc) is 3.36. The van der Waals surface area contributed by atoms with Crippen molar-refractivity contribution >= 4 is 39.9 Å². The molecule has 0 fully saturated rings. The second kappa shape index (κ2) is 12.3. The summed E-state index contributed by atoms with van der Waals surface area (Å²) in [7, 11) is 6.26. The Morgan fingerprint density at radius 1 is 0.921 bits per heavy atom. The summed E-state index contributed by atoms with van der Waals surface area (Å²) in [5.41, 5.74) is 4.49. The van der Waals surface area contributed by atoms with Crippen LogP contribution in [0.1, 0.15) is 21.5 Å². The normalized spacial score (nSPS) is 10.6. The molecule has 2 N–H and O–H groups in total. The molecule has 0 aliphatic heterocycles. The van der Waals surface area contributed by atoms with Crippen molar-refractivity contribution in [3.05, 3.63) is 83.6 Å². The number of benzene rings is 3. The van der Waals surface area contributed by atoms with Gasteiger partial charge < -0.3 is 34.1 Å². The maximum absolute atomic E-state index is 11.8. The molecule has 0 saturated carbocycles. The van der Waals surface area contributed by atoms with Crippen molar-refractivity contribution in [3.8, 4) is 17.2 Å². The first-order valence-corrected chi connectivity index (χ1v) is 12.5. The van der Waals surface area contributed by atoms with Crippen molar-refractivity contribution in [3.63, 3.8) is 0 Å². The fraction of sp³-hybridized carbons (Fsp3) is 0.241. The van der Waals surface area contributed by atoms with Gasteiger partial charge >= 0.3 is 5.97 Å². The van der Waals surface area contributed by atoms with Crippen LogP contribution >= 0.6 is 12.2 Å². The summed E-state index contributed by atoms with van der Waals surface area (Å²) in [4.78, 5) is 17.2. The van der Waals surface area contributed by atoms with Gasteiger partial charge in [-0.15, -0.1) is 0 Å². The van der Waals surface area contributed by atoms with Crippen LogP contribution in [0.25, 0.3) is 10.9 Å². The third-order valence-electron chi connectivity index (χ3n) is 6.29. The Balaban J connectivity index is 1.56. The zero-order chi connectivity index (χ0) is 27.1. The number of rotatable bonds is 10. The molecular weight excluding hydrogens is 502 g/mol. The van der Waals surface area contributed by atoms with E-state index in [-0.39, 0.29) is 5.97 Å². The Kier molecular flexibility index (Phi) is 8.70. The molecular formula is C29H31N3O5S. The number of thiocarbonyl (C=S) groups is 1. The van der Waals surface area contributed by atoms with Crippen LogP contribution in [-0.2, 0) is 17.7 Å². The minimum atomic E-state index is -0.385. The van der Waals surface area contributed by atoms with E-state index in [0.29, 0.717) is 35.3 Å². The molecule has 0 atom stereocenters.